The van der Waals surface area contributed by atoms with Crippen molar-refractivity contribution in [2.75, 3.05) is 13.7 Å². The first kappa shape index (κ1) is 18.2. The van der Waals surface area contributed by atoms with Crippen LogP contribution in [0, 0.1) is 0 Å². The van der Waals surface area contributed by atoms with Crippen molar-refractivity contribution >= 4 is 11.9 Å². The quantitative estimate of drug-likeness (QED) is 0.784. The Hall–Kier alpha value is -3.22. The van der Waals surface area contributed by atoms with Gasteiger partial charge in [0.25, 0.3) is 5.91 Å². The first-order chi connectivity index (χ1) is 13.6. The molecule has 2 aliphatic rings. The van der Waals surface area contributed by atoms with Crippen LogP contribution in [0.5, 0.6) is 17.2 Å². The SMILES string of the molecule is COC(=O)C(NC(=O)C1COc2ccc(O)cc2O1)C1CCc2ccccc21. The molecule has 7 nitrogen and oxygen atoms in total. The van der Waals surface area contributed by atoms with Crippen LogP contribution in [0.3, 0.4) is 0 Å². The van der Waals surface area contributed by atoms with Crippen molar-refractivity contribution in [1.82, 2.24) is 5.32 Å². The predicted molar refractivity (Wildman–Crippen MR) is 99.5 cm³/mol. The number of carbonyl (C=O) groups excluding carboxylic acids is 2. The summed E-state index contributed by atoms with van der Waals surface area (Å²) < 4.78 is 16.2. The van der Waals surface area contributed by atoms with Gasteiger partial charge in [-0.1, -0.05) is 24.3 Å². The summed E-state index contributed by atoms with van der Waals surface area (Å²) in [4.78, 5) is 25.2. The normalized spacial score (nSPS) is 20.8. The van der Waals surface area contributed by atoms with Gasteiger partial charge in [-0.2, -0.15) is 0 Å². The number of methoxy groups -OCH3 is 1. The number of benzene rings is 2. The molecule has 1 heterocycles. The van der Waals surface area contributed by atoms with E-state index in [1.807, 2.05) is 24.3 Å². The molecule has 0 fully saturated rings. The zero-order valence-electron chi connectivity index (χ0n) is 15.4. The van der Waals surface area contributed by atoms with Crippen LogP contribution in [0.25, 0.3) is 0 Å². The summed E-state index contributed by atoms with van der Waals surface area (Å²) in [6.07, 6.45) is 0.663. The highest BCUT2D eigenvalue weighted by molar-refractivity contribution is 5.88. The Kier molecular flexibility index (Phi) is 4.81. The third-order valence-corrected chi connectivity index (χ3v) is 5.21. The number of hydrogen-bond donors (Lipinski definition) is 2. The molecule has 0 radical (unpaired) electrons. The Morgan fingerprint density at radius 2 is 2.04 bits per heavy atom. The number of carbonyl (C=O) groups is 2. The molecule has 2 aromatic rings. The number of hydrogen-bond acceptors (Lipinski definition) is 6. The second kappa shape index (κ2) is 7.42. The Morgan fingerprint density at radius 1 is 1.21 bits per heavy atom. The number of rotatable bonds is 4. The summed E-state index contributed by atoms with van der Waals surface area (Å²) in [5, 5.41) is 12.4. The number of fused-ring (bicyclic) bond motifs is 2. The lowest BCUT2D eigenvalue weighted by Crippen LogP contribution is -2.52. The van der Waals surface area contributed by atoms with Crippen molar-refractivity contribution in [3.63, 3.8) is 0 Å². The number of amides is 1. The Labute approximate surface area is 162 Å². The summed E-state index contributed by atoms with van der Waals surface area (Å²) in [7, 11) is 1.31. The van der Waals surface area contributed by atoms with Gasteiger partial charge in [-0.25, -0.2) is 4.79 Å². The molecular formula is C21H21NO6. The Morgan fingerprint density at radius 3 is 2.86 bits per heavy atom. The number of ether oxygens (including phenoxy) is 3. The predicted octanol–water partition coefficient (Wildman–Crippen LogP) is 1.92. The van der Waals surface area contributed by atoms with E-state index >= 15 is 0 Å². The molecule has 7 heteroatoms. The second-order valence-electron chi connectivity index (χ2n) is 6.90. The van der Waals surface area contributed by atoms with Gasteiger partial charge in [0.15, 0.2) is 11.5 Å². The highest BCUT2D eigenvalue weighted by Crippen LogP contribution is 2.37. The van der Waals surface area contributed by atoms with Crippen molar-refractivity contribution in [3.05, 3.63) is 53.6 Å². The lowest BCUT2D eigenvalue weighted by atomic mass is 9.93. The Bertz CT molecular complexity index is 912. The summed E-state index contributed by atoms with van der Waals surface area (Å²) >= 11 is 0. The molecule has 2 aromatic carbocycles. The van der Waals surface area contributed by atoms with Gasteiger partial charge in [0.05, 0.1) is 7.11 Å². The fraction of sp³-hybridized carbons (Fsp3) is 0.333. The van der Waals surface area contributed by atoms with Crippen LogP contribution in [-0.2, 0) is 20.7 Å². The molecule has 2 N–H and O–H groups in total. The maximum atomic E-state index is 12.8. The van der Waals surface area contributed by atoms with Crippen LogP contribution in [0.15, 0.2) is 42.5 Å². The zero-order chi connectivity index (χ0) is 19.7. The third kappa shape index (κ3) is 3.35. The van der Waals surface area contributed by atoms with Crippen LogP contribution in [0.1, 0.15) is 23.5 Å². The van der Waals surface area contributed by atoms with Crippen molar-refractivity contribution in [2.45, 2.75) is 30.9 Å². The van der Waals surface area contributed by atoms with E-state index in [0.29, 0.717) is 5.75 Å². The van der Waals surface area contributed by atoms with Crippen LogP contribution in [0.4, 0.5) is 0 Å². The van der Waals surface area contributed by atoms with Crippen LogP contribution < -0.4 is 14.8 Å². The highest BCUT2D eigenvalue weighted by atomic mass is 16.6. The Balaban J connectivity index is 1.52. The van der Waals surface area contributed by atoms with Crippen LogP contribution in [0.2, 0.25) is 0 Å². The van der Waals surface area contributed by atoms with E-state index < -0.39 is 24.0 Å². The van der Waals surface area contributed by atoms with Gasteiger partial charge in [0.2, 0.25) is 6.10 Å². The van der Waals surface area contributed by atoms with Gasteiger partial charge in [0.1, 0.15) is 18.4 Å². The molecule has 28 heavy (non-hydrogen) atoms. The van der Waals surface area contributed by atoms with E-state index in [4.69, 9.17) is 14.2 Å². The van der Waals surface area contributed by atoms with Gasteiger partial charge in [-0.05, 0) is 36.1 Å². The smallest absolute Gasteiger partial charge is 0.329 e. The van der Waals surface area contributed by atoms with Gasteiger partial charge in [-0.3, -0.25) is 4.79 Å². The summed E-state index contributed by atoms with van der Waals surface area (Å²) in [6, 6.07) is 11.5. The van der Waals surface area contributed by atoms with Gasteiger partial charge < -0.3 is 24.6 Å². The van der Waals surface area contributed by atoms with Crippen LogP contribution >= 0.6 is 0 Å². The van der Waals surface area contributed by atoms with Crippen molar-refractivity contribution in [3.8, 4) is 17.2 Å². The monoisotopic (exact) mass is 383 g/mol. The standard InChI is InChI=1S/C21H21NO6/c1-26-21(25)19(15-8-6-12-4-2-3-5-14(12)15)22-20(24)18-11-27-16-9-7-13(23)10-17(16)28-18/h2-5,7,9-10,15,18-19,23H,6,8,11H2,1H3,(H,22,24). The molecule has 0 bridgehead atoms. The maximum absolute atomic E-state index is 12.8. The molecule has 0 aromatic heterocycles. The van der Waals surface area contributed by atoms with Crippen molar-refractivity contribution < 1.29 is 28.9 Å². The summed E-state index contributed by atoms with van der Waals surface area (Å²) in [5.74, 6) is -0.367. The lowest BCUT2D eigenvalue weighted by Gasteiger charge is -2.29. The largest absolute Gasteiger partial charge is 0.508 e. The van der Waals surface area contributed by atoms with E-state index in [1.54, 1.807) is 6.07 Å². The number of phenols is 1. The number of esters is 1. The van der Waals surface area contributed by atoms with Gasteiger partial charge in [-0.15, -0.1) is 0 Å². The molecule has 1 aliphatic carbocycles. The van der Waals surface area contributed by atoms with Crippen molar-refractivity contribution in [1.29, 1.82) is 0 Å². The second-order valence-corrected chi connectivity index (χ2v) is 6.90. The minimum atomic E-state index is -0.932. The average molecular weight is 383 g/mol. The molecule has 3 atom stereocenters. The molecule has 4 rings (SSSR count). The van der Waals surface area contributed by atoms with E-state index in [2.05, 4.69) is 5.32 Å². The van der Waals surface area contributed by atoms with Crippen molar-refractivity contribution in [2.24, 2.45) is 0 Å². The van der Waals surface area contributed by atoms with E-state index in [-0.39, 0.29) is 24.0 Å². The lowest BCUT2D eigenvalue weighted by molar-refractivity contribution is -0.147. The molecule has 3 unspecified atom stereocenters. The molecule has 0 saturated heterocycles. The third-order valence-electron chi connectivity index (χ3n) is 5.21. The topological polar surface area (TPSA) is 94.1 Å². The molecule has 1 amide bonds. The number of aromatic hydroxyl groups is 1. The number of nitrogens with one attached hydrogen (secondary N) is 1. The van der Waals surface area contributed by atoms with Crippen LogP contribution in [-0.4, -0.2) is 42.8 Å². The summed E-state index contributed by atoms with van der Waals surface area (Å²) in [5.41, 5.74) is 2.23. The molecule has 1 aliphatic heterocycles. The molecule has 146 valence electrons. The fourth-order valence-corrected chi connectivity index (χ4v) is 3.82. The van der Waals surface area contributed by atoms with E-state index in [1.165, 1.54) is 24.8 Å². The van der Waals surface area contributed by atoms with E-state index in [0.717, 1.165) is 18.4 Å². The van der Waals surface area contributed by atoms with E-state index in [9.17, 15) is 14.7 Å². The minimum Gasteiger partial charge on any atom is -0.508 e. The fourth-order valence-electron chi connectivity index (χ4n) is 3.82. The first-order valence-corrected chi connectivity index (χ1v) is 9.15. The minimum absolute atomic E-state index is 0.0124. The molecular weight excluding hydrogens is 362 g/mol. The molecule has 0 saturated carbocycles. The number of aryl methyl sites for hydroxylation is 1. The average Bonchev–Trinajstić information content (AvgIpc) is 3.14. The molecule has 0 spiro atoms. The zero-order valence-corrected chi connectivity index (χ0v) is 15.4. The highest BCUT2D eigenvalue weighted by Gasteiger charge is 2.38. The first-order valence-electron chi connectivity index (χ1n) is 9.15. The maximum Gasteiger partial charge on any atom is 0.329 e. The number of phenolic OH excluding ortho intramolecular Hbond substituents is 1. The van der Waals surface area contributed by atoms with Gasteiger partial charge in [0, 0.05) is 12.0 Å². The van der Waals surface area contributed by atoms with Gasteiger partial charge >= 0.3 is 5.97 Å². The summed E-state index contributed by atoms with van der Waals surface area (Å²) in [6.45, 7) is 0.0127.